The maximum atomic E-state index is 14.2. The summed E-state index contributed by atoms with van der Waals surface area (Å²) in [5, 5.41) is 8.07. The molecule has 0 bridgehead atoms. The Bertz CT molecular complexity index is 1380. The number of anilines is 2. The lowest BCUT2D eigenvalue weighted by Gasteiger charge is -2.16. The summed E-state index contributed by atoms with van der Waals surface area (Å²) < 4.78 is 29.4. The number of hydrogen-bond acceptors (Lipinski definition) is 5. The van der Waals surface area contributed by atoms with Gasteiger partial charge in [-0.25, -0.2) is 8.78 Å². The number of carbonyl (C=O) groups excluding carboxylic acids is 1. The molecule has 2 aromatic carbocycles. The van der Waals surface area contributed by atoms with Gasteiger partial charge >= 0.3 is 0 Å². The van der Waals surface area contributed by atoms with E-state index in [1.807, 2.05) is 24.3 Å². The third-order valence-corrected chi connectivity index (χ3v) is 5.59. The van der Waals surface area contributed by atoms with Crippen molar-refractivity contribution in [2.45, 2.75) is 25.7 Å². The van der Waals surface area contributed by atoms with E-state index in [1.165, 1.54) is 16.8 Å². The minimum Gasteiger partial charge on any atom is -0.383 e. The van der Waals surface area contributed by atoms with Crippen molar-refractivity contribution in [2.24, 2.45) is 0 Å². The summed E-state index contributed by atoms with van der Waals surface area (Å²) in [6.07, 6.45) is 0.0846. The van der Waals surface area contributed by atoms with Crippen molar-refractivity contribution in [3.05, 3.63) is 70.9 Å². The number of amides is 1. The van der Waals surface area contributed by atoms with E-state index >= 15 is 0 Å². The Morgan fingerprint density at radius 3 is 2.68 bits per heavy atom. The molecular weight excluding hydrogens is 402 g/mol. The van der Waals surface area contributed by atoms with E-state index in [2.05, 4.69) is 20.4 Å². The van der Waals surface area contributed by atoms with Crippen LogP contribution >= 0.6 is 0 Å². The number of benzene rings is 2. The molecule has 156 valence electrons. The second-order valence-corrected chi connectivity index (χ2v) is 7.98. The van der Waals surface area contributed by atoms with Gasteiger partial charge in [0.25, 0.3) is 5.95 Å². The second-order valence-electron chi connectivity index (χ2n) is 7.98. The average Bonchev–Trinajstić information content (AvgIpc) is 3.20. The molecule has 0 spiro atoms. The van der Waals surface area contributed by atoms with Crippen molar-refractivity contribution in [1.29, 1.82) is 0 Å². The molecule has 3 heterocycles. The maximum absolute atomic E-state index is 14.2. The quantitative estimate of drug-likeness (QED) is 0.529. The zero-order valence-corrected chi connectivity index (χ0v) is 16.8. The van der Waals surface area contributed by atoms with Gasteiger partial charge in [0.15, 0.2) is 11.6 Å². The lowest BCUT2D eigenvalue weighted by molar-refractivity contribution is -0.119. The summed E-state index contributed by atoms with van der Waals surface area (Å²) in [5.74, 6) is -1.32. The minimum absolute atomic E-state index is 0.0846. The Kier molecular flexibility index (Phi) is 4.04. The van der Waals surface area contributed by atoms with Crippen LogP contribution in [0.15, 0.2) is 42.5 Å². The normalized spacial score (nSPS) is 14.6. The van der Waals surface area contributed by atoms with Crippen LogP contribution < -0.4 is 11.1 Å². The molecule has 3 N–H and O–H groups in total. The van der Waals surface area contributed by atoms with Gasteiger partial charge in [0.1, 0.15) is 11.6 Å². The van der Waals surface area contributed by atoms with Gasteiger partial charge in [-0.15, -0.1) is 0 Å². The van der Waals surface area contributed by atoms with Crippen molar-refractivity contribution < 1.29 is 13.6 Å². The fraction of sp³-hybridized carbons (Fsp3) is 0.182. The van der Waals surface area contributed by atoms with Crippen LogP contribution in [0.1, 0.15) is 30.7 Å². The topological polar surface area (TPSA) is 98.7 Å². The van der Waals surface area contributed by atoms with E-state index < -0.39 is 17.0 Å². The summed E-state index contributed by atoms with van der Waals surface area (Å²) >= 11 is 0. The van der Waals surface area contributed by atoms with Gasteiger partial charge in [0.2, 0.25) is 5.91 Å². The Morgan fingerprint density at radius 2 is 1.87 bits per heavy atom. The molecule has 0 aliphatic carbocycles. The number of fused-ring (bicyclic) bond motifs is 2. The smallest absolute Gasteiger partial charge is 0.255 e. The summed E-state index contributed by atoms with van der Waals surface area (Å²) in [4.78, 5) is 21.2. The van der Waals surface area contributed by atoms with Gasteiger partial charge in [-0.1, -0.05) is 30.3 Å². The van der Waals surface area contributed by atoms with Crippen LogP contribution in [0.5, 0.6) is 0 Å². The molecule has 0 atom stereocenters. The lowest BCUT2D eigenvalue weighted by atomic mass is 9.87. The first-order chi connectivity index (χ1) is 14.8. The van der Waals surface area contributed by atoms with Crippen LogP contribution in [0.4, 0.5) is 20.4 Å². The van der Waals surface area contributed by atoms with Crippen LogP contribution in [0.2, 0.25) is 0 Å². The number of aromatic nitrogens is 4. The largest absolute Gasteiger partial charge is 0.383 e. The van der Waals surface area contributed by atoms with Crippen LogP contribution in [0.25, 0.3) is 16.9 Å². The lowest BCUT2D eigenvalue weighted by Crippen LogP contribution is -2.27. The standard InChI is InChI=1S/C22H18F2N6O/c1-22(2)16-18(25)26-21(28-19(16)27-20(22)31)30-15-9-4-3-7-12(15)14(29-30)10-11-6-5-8-13(23)17(11)24/h3-9H,10H2,1-2H3,(H3,25,26,27,28,31). The minimum atomic E-state index is -0.908. The second kappa shape index (κ2) is 6.56. The van der Waals surface area contributed by atoms with E-state index in [0.29, 0.717) is 22.6 Å². The summed E-state index contributed by atoms with van der Waals surface area (Å²) in [6.45, 7) is 3.50. The molecule has 1 aliphatic heterocycles. The fourth-order valence-electron chi connectivity index (χ4n) is 3.92. The zero-order valence-electron chi connectivity index (χ0n) is 16.8. The Balaban J connectivity index is 1.66. The highest BCUT2D eigenvalue weighted by Crippen LogP contribution is 2.39. The number of halogens is 2. The highest BCUT2D eigenvalue weighted by Gasteiger charge is 2.42. The Hall–Kier alpha value is -3.88. The fourth-order valence-corrected chi connectivity index (χ4v) is 3.92. The van der Waals surface area contributed by atoms with Crippen molar-refractivity contribution in [1.82, 2.24) is 19.7 Å². The highest BCUT2D eigenvalue weighted by molar-refractivity contribution is 6.06. The number of para-hydroxylation sites is 1. The first kappa shape index (κ1) is 19.1. The first-order valence-corrected chi connectivity index (χ1v) is 9.66. The van der Waals surface area contributed by atoms with Crippen LogP contribution in [-0.4, -0.2) is 25.7 Å². The maximum Gasteiger partial charge on any atom is 0.255 e. The molecule has 1 aliphatic rings. The van der Waals surface area contributed by atoms with Gasteiger partial charge in [0, 0.05) is 11.8 Å². The molecule has 31 heavy (non-hydrogen) atoms. The molecular formula is C22H18F2N6O. The third-order valence-electron chi connectivity index (χ3n) is 5.59. The van der Waals surface area contributed by atoms with Gasteiger partial charge in [-0.3, -0.25) is 4.79 Å². The number of nitrogens with one attached hydrogen (secondary N) is 1. The molecule has 0 fully saturated rings. The molecule has 0 unspecified atom stereocenters. The number of hydrogen-bond donors (Lipinski definition) is 2. The summed E-state index contributed by atoms with van der Waals surface area (Å²) in [7, 11) is 0. The third kappa shape index (κ3) is 2.84. The average molecular weight is 420 g/mol. The van der Waals surface area contributed by atoms with Gasteiger partial charge in [-0.2, -0.15) is 19.7 Å². The number of carbonyl (C=O) groups is 1. The molecule has 0 radical (unpaired) electrons. The number of nitrogen functional groups attached to an aromatic ring is 1. The molecule has 7 nitrogen and oxygen atoms in total. The van der Waals surface area contributed by atoms with E-state index in [-0.39, 0.29) is 29.7 Å². The van der Waals surface area contributed by atoms with Crippen molar-refractivity contribution in [3.8, 4) is 5.95 Å². The van der Waals surface area contributed by atoms with E-state index in [4.69, 9.17) is 5.73 Å². The highest BCUT2D eigenvalue weighted by atomic mass is 19.2. The van der Waals surface area contributed by atoms with Crippen molar-refractivity contribution >= 4 is 28.4 Å². The predicted octanol–water partition coefficient (Wildman–Crippen LogP) is 3.50. The number of nitrogens with two attached hydrogens (primary N) is 1. The van der Waals surface area contributed by atoms with Crippen LogP contribution in [0.3, 0.4) is 0 Å². The molecule has 0 saturated heterocycles. The van der Waals surface area contributed by atoms with Gasteiger partial charge < -0.3 is 11.1 Å². The van der Waals surface area contributed by atoms with E-state index in [0.717, 1.165) is 11.5 Å². The van der Waals surface area contributed by atoms with Gasteiger partial charge in [0.05, 0.1) is 22.2 Å². The van der Waals surface area contributed by atoms with E-state index in [1.54, 1.807) is 13.8 Å². The molecule has 0 saturated carbocycles. The first-order valence-electron chi connectivity index (χ1n) is 9.66. The van der Waals surface area contributed by atoms with Crippen molar-refractivity contribution in [3.63, 3.8) is 0 Å². The molecule has 5 rings (SSSR count). The molecule has 2 aromatic heterocycles. The van der Waals surface area contributed by atoms with E-state index in [9.17, 15) is 13.6 Å². The Labute approximate surface area is 175 Å². The zero-order chi connectivity index (χ0) is 21.9. The molecule has 4 aromatic rings. The molecule has 9 heteroatoms. The Morgan fingerprint density at radius 1 is 1.10 bits per heavy atom. The summed E-state index contributed by atoms with van der Waals surface area (Å²) in [5.41, 5.74) is 7.29. The van der Waals surface area contributed by atoms with Crippen molar-refractivity contribution in [2.75, 3.05) is 11.1 Å². The summed E-state index contributed by atoms with van der Waals surface area (Å²) in [6, 6.07) is 11.4. The molecule has 1 amide bonds. The number of nitrogens with zero attached hydrogens (tertiary/aromatic N) is 4. The van der Waals surface area contributed by atoms with Gasteiger partial charge in [-0.05, 0) is 31.5 Å². The SMILES string of the molecule is CC1(C)C(=O)Nc2nc(-n3nc(Cc4cccc(F)c4F)c4ccccc43)nc(N)c21. The van der Waals surface area contributed by atoms with Crippen LogP contribution in [0, 0.1) is 11.6 Å². The predicted molar refractivity (Wildman–Crippen MR) is 112 cm³/mol. The number of rotatable bonds is 3. The monoisotopic (exact) mass is 420 g/mol. The van der Waals surface area contributed by atoms with Crippen LogP contribution in [-0.2, 0) is 16.6 Å².